The number of ketones is 1. The van der Waals surface area contributed by atoms with Crippen LogP contribution in [0.3, 0.4) is 0 Å². The lowest BCUT2D eigenvalue weighted by Gasteiger charge is -2.12. The smallest absolute Gasteiger partial charge is 0.471 e. The molecule has 102 valence electrons. The minimum Gasteiger partial charge on any atom is -0.497 e. The second kappa shape index (κ2) is 4.56. The van der Waals surface area contributed by atoms with Crippen molar-refractivity contribution in [2.75, 3.05) is 7.11 Å². The molecule has 1 aromatic carbocycles. The Morgan fingerprint density at radius 1 is 1.42 bits per heavy atom. The molecule has 0 spiro atoms. The lowest BCUT2D eigenvalue weighted by molar-refractivity contribution is -0.174. The van der Waals surface area contributed by atoms with Crippen molar-refractivity contribution in [1.29, 1.82) is 0 Å². The molecule has 1 amide bonds. The summed E-state index contributed by atoms with van der Waals surface area (Å²) in [6.07, 6.45) is -4.96. The van der Waals surface area contributed by atoms with E-state index in [4.69, 9.17) is 4.74 Å². The molecule has 0 radical (unpaired) electrons. The number of methoxy groups -OCH3 is 1. The van der Waals surface area contributed by atoms with Crippen LogP contribution < -0.4 is 10.1 Å². The van der Waals surface area contributed by atoms with Crippen LogP contribution in [0.15, 0.2) is 18.2 Å². The number of halogens is 3. The summed E-state index contributed by atoms with van der Waals surface area (Å²) in [5, 5.41) is 1.70. The second-order valence-electron chi connectivity index (χ2n) is 4.12. The predicted molar refractivity (Wildman–Crippen MR) is 59.0 cm³/mol. The summed E-state index contributed by atoms with van der Waals surface area (Å²) in [5.41, 5.74) is 0.880. The third-order valence-electron chi connectivity index (χ3n) is 2.88. The topological polar surface area (TPSA) is 55.4 Å². The summed E-state index contributed by atoms with van der Waals surface area (Å²) < 4.78 is 41.4. The number of carbonyl (C=O) groups excluding carboxylic acids is 2. The number of ether oxygens (including phenoxy) is 1. The molecule has 0 saturated carbocycles. The van der Waals surface area contributed by atoms with Gasteiger partial charge in [0.25, 0.3) is 0 Å². The number of benzene rings is 1. The highest BCUT2D eigenvalue weighted by Gasteiger charge is 2.42. The Bertz CT molecular complexity index is 540. The minimum absolute atomic E-state index is 0.0349. The van der Waals surface area contributed by atoms with E-state index >= 15 is 0 Å². The molecular weight excluding hydrogens is 263 g/mol. The summed E-state index contributed by atoms with van der Waals surface area (Å²) in [7, 11) is 1.45. The Hall–Kier alpha value is -2.05. The van der Waals surface area contributed by atoms with Crippen LogP contribution in [-0.4, -0.2) is 31.0 Å². The van der Waals surface area contributed by atoms with Crippen molar-refractivity contribution in [3.63, 3.8) is 0 Å². The van der Waals surface area contributed by atoms with Gasteiger partial charge in [-0.1, -0.05) is 0 Å². The van der Waals surface area contributed by atoms with E-state index in [0.717, 1.165) is 0 Å². The average Bonchev–Trinajstić information content (AvgIpc) is 2.64. The van der Waals surface area contributed by atoms with Gasteiger partial charge in [0.05, 0.1) is 13.2 Å². The number of hydrogen-bond donors (Lipinski definition) is 1. The number of alkyl halides is 3. The highest BCUT2D eigenvalue weighted by atomic mass is 19.4. The summed E-state index contributed by atoms with van der Waals surface area (Å²) in [6.45, 7) is 0. The SMILES string of the molecule is COc1ccc2c(c1)CC(NC(=O)C(F)(F)F)C2=O. The lowest BCUT2D eigenvalue weighted by atomic mass is 10.1. The van der Waals surface area contributed by atoms with Crippen LogP contribution in [-0.2, 0) is 11.2 Å². The lowest BCUT2D eigenvalue weighted by Crippen LogP contribution is -2.45. The van der Waals surface area contributed by atoms with E-state index in [9.17, 15) is 22.8 Å². The molecule has 0 fully saturated rings. The van der Waals surface area contributed by atoms with Gasteiger partial charge in [-0.05, 0) is 23.8 Å². The monoisotopic (exact) mass is 273 g/mol. The van der Waals surface area contributed by atoms with Gasteiger partial charge >= 0.3 is 12.1 Å². The summed E-state index contributed by atoms with van der Waals surface area (Å²) in [6, 6.07) is 3.43. The fourth-order valence-corrected chi connectivity index (χ4v) is 1.96. The normalized spacial score (nSPS) is 18.1. The van der Waals surface area contributed by atoms with Gasteiger partial charge in [0.1, 0.15) is 5.75 Å². The van der Waals surface area contributed by atoms with E-state index in [1.54, 1.807) is 17.4 Å². The standard InChI is InChI=1S/C12H10F3NO3/c1-19-7-2-3-8-6(4-7)5-9(10(8)17)16-11(18)12(13,14)15/h2-4,9H,5H2,1H3,(H,16,18). The molecule has 0 heterocycles. The third kappa shape index (κ3) is 2.54. The molecule has 7 heteroatoms. The van der Waals surface area contributed by atoms with Gasteiger partial charge in [-0.25, -0.2) is 0 Å². The van der Waals surface area contributed by atoms with Crippen LogP contribution in [0.4, 0.5) is 13.2 Å². The van der Waals surface area contributed by atoms with Crippen molar-refractivity contribution in [2.45, 2.75) is 18.6 Å². The van der Waals surface area contributed by atoms with Crippen LogP contribution >= 0.6 is 0 Å². The Morgan fingerprint density at radius 3 is 2.68 bits per heavy atom. The van der Waals surface area contributed by atoms with Crippen LogP contribution in [0, 0.1) is 0 Å². The Balaban J connectivity index is 2.17. The largest absolute Gasteiger partial charge is 0.497 e. The van der Waals surface area contributed by atoms with Crippen molar-refractivity contribution in [3.05, 3.63) is 29.3 Å². The van der Waals surface area contributed by atoms with Crippen LogP contribution in [0.2, 0.25) is 0 Å². The fourth-order valence-electron chi connectivity index (χ4n) is 1.96. The van der Waals surface area contributed by atoms with Gasteiger partial charge in [0, 0.05) is 12.0 Å². The first-order valence-electron chi connectivity index (χ1n) is 5.41. The molecule has 0 aromatic heterocycles. The number of rotatable bonds is 2. The molecule has 0 bridgehead atoms. The Kier molecular flexibility index (Phi) is 3.21. The summed E-state index contributed by atoms with van der Waals surface area (Å²) in [5.74, 6) is -2.12. The quantitative estimate of drug-likeness (QED) is 0.888. The summed E-state index contributed by atoms with van der Waals surface area (Å²) >= 11 is 0. The molecule has 1 N–H and O–H groups in total. The van der Waals surface area contributed by atoms with Crippen molar-refractivity contribution < 1.29 is 27.5 Å². The van der Waals surface area contributed by atoms with Gasteiger partial charge in [0.2, 0.25) is 0 Å². The minimum atomic E-state index is -4.99. The van der Waals surface area contributed by atoms with Crippen molar-refractivity contribution in [3.8, 4) is 5.75 Å². The van der Waals surface area contributed by atoms with Crippen LogP contribution in [0.5, 0.6) is 5.75 Å². The number of fused-ring (bicyclic) bond motifs is 1. The number of carbonyl (C=O) groups is 2. The second-order valence-corrected chi connectivity index (χ2v) is 4.12. The highest BCUT2D eigenvalue weighted by Crippen LogP contribution is 2.27. The van der Waals surface area contributed by atoms with E-state index in [0.29, 0.717) is 16.9 Å². The average molecular weight is 273 g/mol. The molecule has 4 nitrogen and oxygen atoms in total. The van der Waals surface area contributed by atoms with E-state index < -0.39 is 23.9 Å². The first-order chi connectivity index (χ1) is 8.82. The van der Waals surface area contributed by atoms with Crippen LogP contribution in [0.25, 0.3) is 0 Å². The maximum Gasteiger partial charge on any atom is 0.471 e. The van der Waals surface area contributed by atoms with Crippen molar-refractivity contribution >= 4 is 11.7 Å². The van der Waals surface area contributed by atoms with Crippen molar-refractivity contribution in [2.24, 2.45) is 0 Å². The highest BCUT2D eigenvalue weighted by molar-refractivity contribution is 6.06. The van der Waals surface area contributed by atoms with Gasteiger partial charge in [-0.3, -0.25) is 9.59 Å². The fraction of sp³-hybridized carbons (Fsp3) is 0.333. The summed E-state index contributed by atoms with van der Waals surface area (Å²) in [4.78, 5) is 22.7. The molecule has 19 heavy (non-hydrogen) atoms. The number of Topliss-reactive ketones (excluding diaryl/α,β-unsaturated/α-hetero) is 1. The molecule has 1 unspecified atom stereocenters. The maximum absolute atomic E-state index is 12.1. The molecule has 2 rings (SSSR count). The third-order valence-corrected chi connectivity index (χ3v) is 2.88. The van der Waals surface area contributed by atoms with E-state index in [1.165, 1.54) is 13.2 Å². The Morgan fingerprint density at radius 2 is 2.11 bits per heavy atom. The number of amides is 1. The van der Waals surface area contributed by atoms with Crippen LogP contribution in [0.1, 0.15) is 15.9 Å². The molecule has 0 aliphatic heterocycles. The van der Waals surface area contributed by atoms with Gasteiger partial charge in [-0.2, -0.15) is 13.2 Å². The van der Waals surface area contributed by atoms with E-state index in [1.807, 2.05) is 0 Å². The van der Waals surface area contributed by atoms with Gasteiger partial charge < -0.3 is 10.1 Å². The van der Waals surface area contributed by atoms with Gasteiger partial charge in [-0.15, -0.1) is 0 Å². The molecule has 1 aliphatic rings. The zero-order valence-electron chi connectivity index (χ0n) is 9.88. The first-order valence-corrected chi connectivity index (χ1v) is 5.41. The number of nitrogens with one attached hydrogen (secondary N) is 1. The molecule has 0 saturated heterocycles. The molecular formula is C12H10F3NO3. The van der Waals surface area contributed by atoms with E-state index in [-0.39, 0.29) is 6.42 Å². The predicted octanol–water partition coefficient (Wildman–Crippen LogP) is 1.48. The van der Waals surface area contributed by atoms with Gasteiger partial charge in [0.15, 0.2) is 5.78 Å². The maximum atomic E-state index is 12.1. The molecule has 1 aliphatic carbocycles. The molecule has 1 aromatic rings. The molecule has 1 atom stereocenters. The van der Waals surface area contributed by atoms with E-state index in [2.05, 4.69) is 0 Å². The zero-order chi connectivity index (χ0) is 14.2. The van der Waals surface area contributed by atoms with Crippen molar-refractivity contribution in [1.82, 2.24) is 5.32 Å². The Labute approximate surface area is 106 Å². The zero-order valence-corrected chi connectivity index (χ0v) is 9.88. The first kappa shape index (κ1) is 13.4. The number of hydrogen-bond acceptors (Lipinski definition) is 3.